The van der Waals surface area contributed by atoms with Crippen LogP contribution in [0.1, 0.15) is 22.3 Å². The van der Waals surface area contributed by atoms with Crippen molar-refractivity contribution in [2.75, 3.05) is 6.54 Å². The summed E-state index contributed by atoms with van der Waals surface area (Å²) in [6.07, 6.45) is 4.88. The molecule has 1 amide bonds. The van der Waals surface area contributed by atoms with Crippen LogP contribution >= 0.6 is 0 Å². The van der Waals surface area contributed by atoms with E-state index in [-0.39, 0.29) is 5.91 Å². The molecule has 4 aromatic carbocycles. The molecule has 0 bridgehead atoms. The zero-order valence-electron chi connectivity index (χ0n) is 20.0. The van der Waals surface area contributed by atoms with E-state index < -0.39 is 6.04 Å². The van der Waals surface area contributed by atoms with Crippen molar-refractivity contribution in [3.8, 4) is 0 Å². The minimum absolute atomic E-state index is 0.0139. The number of carbonyl (C=O) groups is 1. The second kappa shape index (κ2) is 13.1. The third-order valence-corrected chi connectivity index (χ3v) is 5.95. The number of hydrogen-bond acceptors (Lipinski definition) is 2. The van der Waals surface area contributed by atoms with Crippen molar-refractivity contribution in [2.24, 2.45) is 0 Å². The summed E-state index contributed by atoms with van der Waals surface area (Å²) >= 11 is 0. The molecule has 0 radical (unpaired) electrons. The zero-order chi connectivity index (χ0) is 24.1. The second-order valence-corrected chi connectivity index (χ2v) is 8.62. The summed E-state index contributed by atoms with van der Waals surface area (Å²) in [7, 11) is 0. The summed E-state index contributed by atoms with van der Waals surface area (Å²) in [5.74, 6) is 0.0139. The van der Waals surface area contributed by atoms with Gasteiger partial charge in [-0.25, -0.2) is 0 Å². The van der Waals surface area contributed by atoms with Gasteiger partial charge >= 0.3 is 0 Å². The molecule has 0 aliphatic heterocycles. The second-order valence-electron chi connectivity index (χ2n) is 8.62. The van der Waals surface area contributed by atoms with Gasteiger partial charge in [0.2, 0.25) is 5.91 Å². The molecule has 0 aliphatic rings. The monoisotopic (exact) mass is 460 g/mol. The Labute approximate surface area is 208 Å². The Balaban J connectivity index is 1.57. The average Bonchev–Trinajstić information content (AvgIpc) is 2.91. The first-order valence-electron chi connectivity index (χ1n) is 12.1. The Morgan fingerprint density at radius 3 is 1.63 bits per heavy atom. The molecular weight excluding hydrogens is 428 g/mol. The number of rotatable bonds is 11. The van der Waals surface area contributed by atoms with Crippen LogP contribution in [0.5, 0.6) is 0 Å². The van der Waals surface area contributed by atoms with Crippen LogP contribution in [-0.2, 0) is 24.3 Å². The van der Waals surface area contributed by atoms with Gasteiger partial charge in [0, 0.05) is 19.6 Å². The maximum atomic E-state index is 13.6. The molecule has 1 atom stereocenters. The standard InChI is InChI=1S/C32H32N2O/c35-32(33-24-23-28-15-7-2-8-16-28)31(22-21-27-13-5-1-6-14-27)34(25-29-17-9-3-10-18-29)26-30-19-11-4-12-20-30/h1-22,31H,23-26H2,(H,33,35). The third kappa shape index (κ3) is 7.80. The van der Waals surface area contributed by atoms with Gasteiger partial charge in [-0.15, -0.1) is 0 Å². The molecule has 0 saturated carbocycles. The van der Waals surface area contributed by atoms with E-state index in [0.29, 0.717) is 19.6 Å². The van der Waals surface area contributed by atoms with Gasteiger partial charge in [-0.05, 0) is 28.7 Å². The molecule has 0 aromatic heterocycles. The van der Waals surface area contributed by atoms with Gasteiger partial charge in [0.25, 0.3) is 0 Å². The number of benzene rings is 4. The van der Waals surface area contributed by atoms with Gasteiger partial charge in [0.15, 0.2) is 0 Å². The molecule has 0 saturated heterocycles. The van der Waals surface area contributed by atoms with Gasteiger partial charge in [0.05, 0.1) is 0 Å². The van der Waals surface area contributed by atoms with E-state index in [2.05, 4.69) is 58.7 Å². The first kappa shape index (κ1) is 24.2. The fourth-order valence-electron chi connectivity index (χ4n) is 4.11. The van der Waals surface area contributed by atoms with Crippen LogP contribution in [0, 0.1) is 0 Å². The Hall–Kier alpha value is -3.95. The molecule has 176 valence electrons. The Morgan fingerprint density at radius 1 is 0.657 bits per heavy atom. The van der Waals surface area contributed by atoms with Crippen molar-refractivity contribution >= 4 is 12.0 Å². The Morgan fingerprint density at radius 2 is 1.11 bits per heavy atom. The number of amides is 1. The van der Waals surface area contributed by atoms with Crippen LogP contribution in [0.25, 0.3) is 6.08 Å². The SMILES string of the molecule is O=C(NCCc1ccccc1)C(C=Cc1ccccc1)N(Cc1ccccc1)Cc1ccccc1. The van der Waals surface area contributed by atoms with Crippen LogP contribution < -0.4 is 5.32 Å². The van der Waals surface area contributed by atoms with Crippen LogP contribution in [0.4, 0.5) is 0 Å². The quantitative estimate of drug-likeness (QED) is 0.292. The summed E-state index contributed by atoms with van der Waals surface area (Å²) < 4.78 is 0. The molecule has 0 aliphatic carbocycles. The highest BCUT2D eigenvalue weighted by Gasteiger charge is 2.24. The predicted molar refractivity (Wildman–Crippen MR) is 145 cm³/mol. The van der Waals surface area contributed by atoms with Crippen LogP contribution in [-0.4, -0.2) is 23.4 Å². The minimum atomic E-state index is -0.411. The van der Waals surface area contributed by atoms with E-state index >= 15 is 0 Å². The highest BCUT2D eigenvalue weighted by atomic mass is 16.2. The van der Waals surface area contributed by atoms with E-state index in [1.807, 2.05) is 84.9 Å². The van der Waals surface area contributed by atoms with Gasteiger partial charge < -0.3 is 5.32 Å². The topological polar surface area (TPSA) is 32.3 Å². The molecule has 35 heavy (non-hydrogen) atoms. The lowest BCUT2D eigenvalue weighted by atomic mass is 10.1. The molecule has 3 nitrogen and oxygen atoms in total. The van der Waals surface area contributed by atoms with E-state index in [1.165, 1.54) is 16.7 Å². The highest BCUT2D eigenvalue weighted by Crippen LogP contribution is 2.16. The lowest BCUT2D eigenvalue weighted by molar-refractivity contribution is -0.125. The molecule has 4 aromatic rings. The normalized spacial score (nSPS) is 12.0. The van der Waals surface area contributed by atoms with Gasteiger partial charge in [-0.3, -0.25) is 9.69 Å². The largest absolute Gasteiger partial charge is 0.354 e. The van der Waals surface area contributed by atoms with Crippen LogP contribution in [0.3, 0.4) is 0 Å². The van der Waals surface area contributed by atoms with Crippen molar-refractivity contribution in [1.82, 2.24) is 10.2 Å². The molecule has 0 fully saturated rings. The van der Waals surface area contributed by atoms with Crippen molar-refractivity contribution in [2.45, 2.75) is 25.6 Å². The summed E-state index contributed by atoms with van der Waals surface area (Å²) in [6, 6.07) is 40.7. The first-order valence-corrected chi connectivity index (χ1v) is 12.1. The molecule has 1 unspecified atom stereocenters. The predicted octanol–water partition coefficient (Wildman–Crippen LogP) is 6.13. The van der Waals surface area contributed by atoms with Crippen LogP contribution in [0.15, 0.2) is 127 Å². The van der Waals surface area contributed by atoms with E-state index in [4.69, 9.17) is 0 Å². The van der Waals surface area contributed by atoms with Gasteiger partial charge in [-0.2, -0.15) is 0 Å². The van der Waals surface area contributed by atoms with Crippen molar-refractivity contribution < 1.29 is 4.79 Å². The fourth-order valence-corrected chi connectivity index (χ4v) is 4.11. The number of carbonyl (C=O) groups excluding carboxylic acids is 1. The van der Waals surface area contributed by atoms with Gasteiger partial charge in [-0.1, -0.05) is 133 Å². The lowest BCUT2D eigenvalue weighted by Crippen LogP contribution is -2.45. The maximum Gasteiger partial charge on any atom is 0.241 e. The summed E-state index contributed by atoms with van der Waals surface area (Å²) in [4.78, 5) is 15.8. The maximum absolute atomic E-state index is 13.6. The van der Waals surface area contributed by atoms with E-state index in [0.717, 1.165) is 12.0 Å². The average molecular weight is 461 g/mol. The number of hydrogen-bond donors (Lipinski definition) is 1. The molecule has 4 rings (SSSR count). The van der Waals surface area contributed by atoms with E-state index in [1.54, 1.807) is 0 Å². The van der Waals surface area contributed by atoms with Crippen molar-refractivity contribution in [3.05, 3.63) is 150 Å². The number of nitrogens with zero attached hydrogens (tertiary/aromatic N) is 1. The number of nitrogens with one attached hydrogen (secondary N) is 1. The summed E-state index contributed by atoms with van der Waals surface area (Å²) in [5.41, 5.74) is 4.65. The molecule has 1 N–H and O–H groups in total. The first-order chi connectivity index (χ1) is 17.3. The Bertz CT molecular complexity index is 1130. The molecular formula is C32H32N2O. The molecule has 3 heteroatoms. The minimum Gasteiger partial charge on any atom is -0.354 e. The highest BCUT2D eigenvalue weighted by molar-refractivity contribution is 5.84. The zero-order valence-corrected chi connectivity index (χ0v) is 20.0. The molecule has 0 heterocycles. The summed E-state index contributed by atoms with van der Waals surface area (Å²) in [6.45, 7) is 1.94. The van der Waals surface area contributed by atoms with Crippen LogP contribution in [0.2, 0.25) is 0 Å². The van der Waals surface area contributed by atoms with Gasteiger partial charge in [0.1, 0.15) is 6.04 Å². The lowest BCUT2D eigenvalue weighted by Gasteiger charge is -2.29. The van der Waals surface area contributed by atoms with E-state index in [9.17, 15) is 4.79 Å². The van der Waals surface area contributed by atoms with Crippen molar-refractivity contribution in [1.29, 1.82) is 0 Å². The Kier molecular flexibility index (Phi) is 9.03. The molecule has 0 spiro atoms. The fraction of sp³-hybridized carbons (Fsp3) is 0.156. The summed E-state index contributed by atoms with van der Waals surface area (Å²) in [5, 5.41) is 3.19. The van der Waals surface area contributed by atoms with Crippen molar-refractivity contribution in [3.63, 3.8) is 0 Å². The third-order valence-electron chi connectivity index (χ3n) is 5.95. The smallest absolute Gasteiger partial charge is 0.241 e.